The molecule has 0 unspecified atom stereocenters. The number of benzene rings is 3. The summed E-state index contributed by atoms with van der Waals surface area (Å²) in [5.41, 5.74) is 15.3. The maximum Gasteiger partial charge on any atom is 0.692 e. The lowest BCUT2D eigenvalue weighted by atomic mass is 9.87. The number of hydrogen-bond acceptors (Lipinski definition) is 3. The molecule has 0 aliphatic carbocycles. The van der Waals surface area contributed by atoms with Gasteiger partial charge >= 0.3 is 16.5 Å². The molecule has 0 atom stereocenters. The fourth-order valence-electron chi connectivity index (χ4n) is 3.72. The van der Waals surface area contributed by atoms with E-state index in [9.17, 15) is 0 Å². The van der Waals surface area contributed by atoms with Crippen molar-refractivity contribution in [1.29, 1.82) is 0 Å². The zero-order valence-corrected chi connectivity index (χ0v) is 21.3. The predicted octanol–water partition coefficient (Wildman–Crippen LogP) is 5.64. The first-order valence-corrected chi connectivity index (χ1v) is 13.3. The van der Waals surface area contributed by atoms with Crippen molar-refractivity contribution in [2.24, 2.45) is 5.73 Å². The van der Waals surface area contributed by atoms with Gasteiger partial charge in [-0.05, 0) is 51.8 Å². The molecule has 3 aromatic carbocycles. The zero-order chi connectivity index (χ0) is 25.5. The summed E-state index contributed by atoms with van der Waals surface area (Å²) in [5, 5.41) is 0. The lowest BCUT2D eigenvalue weighted by Gasteiger charge is -2.17. The molecular formula is C25H33NO6P2+2. The fraction of sp³-hybridized carbons (Fsp3) is 0.280. The summed E-state index contributed by atoms with van der Waals surface area (Å²) in [6.45, 7) is 5.11. The molecule has 34 heavy (non-hydrogen) atoms. The molecule has 0 bridgehead atoms. The van der Waals surface area contributed by atoms with Crippen molar-refractivity contribution in [2.75, 3.05) is 0 Å². The summed E-state index contributed by atoms with van der Waals surface area (Å²) in [6.07, 6.45) is 4.49. The molecule has 0 aromatic heterocycles. The van der Waals surface area contributed by atoms with Gasteiger partial charge in [-0.15, -0.1) is 19.6 Å². The van der Waals surface area contributed by atoms with Crippen LogP contribution in [0, 0.1) is 0 Å². The molecule has 3 rings (SSSR count). The topological polar surface area (TPSA) is 141 Å². The molecule has 0 saturated carbocycles. The Labute approximate surface area is 202 Å². The van der Waals surface area contributed by atoms with Crippen LogP contribution in [0.4, 0.5) is 0 Å². The number of nitrogens with two attached hydrogens (primary N) is 1. The number of hydrogen-bond donors (Lipinski definition) is 5. The minimum atomic E-state index is -2.87. The number of rotatable bonds is 7. The molecule has 0 amide bonds. The van der Waals surface area contributed by atoms with E-state index in [1.807, 2.05) is 0 Å². The third-order valence-electron chi connectivity index (χ3n) is 4.92. The van der Waals surface area contributed by atoms with Crippen molar-refractivity contribution >= 4 is 16.5 Å². The van der Waals surface area contributed by atoms with Gasteiger partial charge < -0.3 is 5.73 Å². The second kappa shape index (κ2) is 16.3. The van der Waals surface area contributed by atoms with Gasteiger partial charge in [0.15, 0.2) is 0 Å². The van der Waals surface area contributed by atoms with E-state index in [1.165, 1.54) is 38.9 Å². The van der Waals surface area contributed by atoms with Crippen molar-refractivity contribution in [3.8, 4) is 22.3 Å². The summed E-state index contributed by atoms with van der Waals surface area (Å²) >= 11 is 0. The molecule has 0 radical (unpaired) electrons. The van der Waals surface area contributed by atoms with Gasteiger partial charge in [-0.3, -0.25) is 0 Å². The maximum absolute atomic E-state index is 8.70. The molecule has 0 aliphatic heterocycles. The van der Waals surface area contributed by atoms with E-state index in [2.05, 4.69) is 80.6 Å². The highest BCUT2D eigenvalue weighted by atomic mass is 31.1. The molecule has 6 N–H and O–H groups in total. The van der Waals surface area contributed by atoms with Crippen LogP contribution >= 0.6 is 16.5 Å². The SMILES string of the molecule is CCCc1cc(CN)cc(CCC)c1-c1ccc(-c2ccccc2)cc1.O=[P+](O)O.O=[P+](O)O. The summed E-state index contributed by atoms with van der Waals surface area (Å²) in [6, 6.07) is 24.2. The Balaban J connectivity index is 0.000000629. The first kappa shape index (κ1) is 29.7. The van der Waals surface area contributed by atoms with Gasteiger partial charge in [0.2, 0.25) is 0 Å². The van der Waals surface area contributed by atoms with E-state index < -0.39 is 16.5 Å². The third kappa shape index (κ3) is 10.7. The molecule has 3 aromatic rings. The average Bonchev–Trinajstić information content (AvgIpc) is 2.79. The molecular weight excluding hydrogens is 472 g/mol. The van der Waals surface area contributed by atoms with Crippen molar-refractivity contribution in [3.05, 3.63) is 83.4 Å². The van der Waals surface area contributed by atoms with Gasteiger partial charge in [0, 0.05) is 15.7 Å². The van der Waals surface area contributed by atoms with Crippen molar-refractivity contribution in [1.82, 2.24) is 0 Å². The Morgan fingerprint density at radius 2 is 1.06 bits per heavy atom. The Morgan fingerprint density at radius 3 is 1.44 bits per heavy atom. The molecule has 0 saturated heterocycles. The molecule has 0 spiro atoms. The van der Waals surface area contributed by atoms with Crippen LogP contribution in [-0.4, -0.2) is 19.6 Å². The molecule has 182 valence electrons. The fourth-order valence-corrected chi connectivity index (χ4v) is 3.72. The third-order valence-corrected chi connectivity index (χ3v) is 4.92. The Morgan fingerprint density at radius 1 is 0.676 bits per heavy atom. The maximum atomic E-state index is 8.70. The van der Waals surface area contributed by atoms with Crippen LogP contribution in [0.15, 0.2) is 66.7 Å². The molecule has 0 heterocycles. The first-order chi connectivity index (χ1) is 16.2. The van der Waals surface area contributed by atoms with E-state index in [0.717, 1.165) is 25.7 Å². The van der Waals surface area contributed by atoms with Gasteiger partial charge in [0.25, 0.3) is 0 Å². The minimum Gasteiger partial charge on any atom is -0.326 e. The van der Waals surface area contributed by atoms with Crippen LogP contribution in [0.5, 0.6) is 0 Å². The van der Waals surface area contributed by atoms with Gasteiger partial charge in [0.05, 0.1) is 0 Å². The van der Waals surface area contributed by atoms with Crippen LogP contribution < -0.4 is 5.73 Å². The van der Waals surface area contributed by atoms with Crippen LogP contribution in [0.1, 0.15) is 43.4 Å². The smallest absolute Gasteiger partial charge is 0.326 e. The van der Waals surface area contributed by atoms with Gasteiger partial charge in [-0.25, -0.2) is 0 Å². The van der Waals surface area contributed by atoms with Crippen molar-refractivity contribution in [3.63, 3.8) is 0 Å². The van der Waals surface area contributed by atoms with Crippen molar-refractivity contribution < 1.29 is 28.7 Å². The summed E-state index contributed by atoms with van der Waals surface area (Å²) in [5.74, 6) is 0. The second-order valence-corrected chi connectivity index (χ2v) is 8.45. The number of aryl methyl sites for hydroxylation is 2. The normalized spacial score (nSPS) is 9.85. The molecule has 9 heteroatoms. The average molecular weight is 505 g/mol. The zero-order valence-electron chi connectivity index (χ0n) is 19.5. The Hall–Kier alpha value is -2.34. The Kier molecular flexibility index (Phi) is 14.2. The van der Waals surface area contributed by atoms with E-state index >= 15 is 0 Å². The summed E-state index contributed by atoms with van der Waals surface area (Å²) in [4.78, 5) is 28.5. The van der Waals surface area contributed by atoms with Crippen LogP contribution in [0.2, 0.25) is 0 Å². The second-order valence-electron chi connectivity index (χ2n) is 7.44. The Bertz CT molecular complexity index is 996. The molecule has 0 fully saturated rings. The highest BCUT2D eigenvalue weighted by Crippen LogP contribution is 2.33. The van der Waals surface area contributed by atoms with Gasteiger partial charge in [0.1, 0.15) is 0 Å². The van der Waals surface area contributed by atoms with E-state index in [0.29, 0.717) is 6.54 Å². The van der Waals surface area contributed by atoms with Crippen LogP contribution in [-0.2, 0) is 28.5 Å². The predicted molar refractivity (Wildman–Crippen MR) is 137 cm³/mol. The largest absolute Gasteiger partial charge is 0.692 e. The van der Waals surface area contributed by atoms with E-state index in [4.69, 9.17) is 34.4 Å². The minimum absolute atomic E-state index is 0.612. The highest BCUT2D eigenvalue weighted by Gasteiger charge is 2.12. The molecule has 7 nitrogen and oxygen atoms in total. The standard InChI is InChI=1S/C25H29N.2HO3P/c1-3-8-23-16-19(18-26)17-24(9-4-2)25(23)22-14-12-21(13-15-22)20-10-6-5-7-11-20;2*1-4(2)3/h5-7,10-17H,3-4,8-9,18,26H2,1-2H3;2*(H-,1,2,3)/p+2. The summed E-state index contributed by atoms with van der Waals surface area (Å²) < 4.78 is 17.4. The van der Waals surface area contributed by atoms with E-state index in [-0.39, 0.29) is 0 Å². The quantitative estimate of drug-likeness (QED) is 0.262. The van der Waals surface area contributed by atoms with Crippen LogP contribution in [0.3, 0.4) is 0 Å². The van der Waals surface area contributed by atoms with Gasteiger partial charge in [-0.1, -0.05) is 93.4 Å². The highest BCUT2D eigenvalue weighted by molar-refractivity contribution is 7.31. The summed E-state index contributed by atoms with van der Waals surface area (Å²) in [7, 11) is -5.74. The van der Waals surface area contributed by atoms with Crippen molar-refractivity contribution in [2.45, 2.75) is 46.1 Å². The lowest BCUT2D eigenvalue weighted by Crippen LogP contribution is -2.03. The molecule has 0 aliphatic rings. The monoisotopic (exact) mass is 505 g/mol. The van der Waals surface area contributed by atoms with E-state index in [1.54, 1.807) is 0 Å². The first-order valence-electron chi connectivity index (χ1n) is 10.9. The van der Waals surface area contributed by atoms with Gasteiger partial charge in [-0.2, -0.15) is 0 Å². The lowest BCUT2D eigenvalue weighted by molar-refractivity contribution is 0.403. The van der Waals surface area contributed by atoms with Crippen LogP contribution in [0.25, 0.3) is 22.3 Å².